The molecule has 0 aliphatic heterocycles. The molecule has 0 saturated carbocycles. The Morgan fingerprint density at radius 3 is 2.53 bits per heavy atom. The third-order valence-electron chi connectivity index (χ3n) is 1.65. The van der Waals surface area contributed by atoms with Crippen LogP contribution in [0.25, 0.3) is 0 Å². The van der Waals surface area contributed by atoms with Crippen LogP contribution in [0.2, 0.25) is 0 Å². The average molecular weight is 230 g/mol. The van der Waals surface area contributed by atoms with Crippen molar-refractivity contribution in [2.75, 3.05) is 0 Å². The lowest BCUT2D eigenvalue weighted by Crippen LogP contribution is -2.30. The van der Waals surface area contributed by atoms with Crippen molar-refractivity contribution in [2.45, 2.75) is 31.5 Å². The van der Waals surface area contributed by atoms with Gasteiger partial charge < -0.3 is 5.11 Å². The first-order chi connectivity index (χ1) is 6.95. The number of aliphatic hydroxyl groups excluding tert-OH is 1. The van der Waals surface area contributed by atoms with Crippen molar-refractivity contribution in [3.8, 4) is 0 Å². The molecule has 0 spiro atoms. The van der Waals surface area contributed by atoms with Crippen molar-refractivity contribution < 1.29 is 13.5 Å². The van der Waals surface area contributed by atoms with Gasteiger partial charge >= 0.3 is 0 Å². The van der Waals surface area contributed by atoms with Crippen molar-refractivity contribution >= 4 is 10.0 Å². The Hall–Kier alpha value is -0.980. The highest BCUT2D eigenvalue weighted by Gasteiger charge is 2.16. The molecule has 84 valence electrons. The first-order valence-corrected chi connectivity index (χ1v) is 6.02. The van der Waals surface area contributed by atoms with Gasteiger partial charge in [0.05, 0.1) is 6.61 Å². The quantitative estimate of drug-likeness (QED) is 0.777. The number of nitrogens with one attached hydrogen (secondary N) is 1. The summed E-state index contributed by atoms with van der Waals surface area (Å²) in [5.41, 5.74) is 0.582. The molecular formula is C9H14N2O3S. The summed E-state index contributed by atoms with van der Waals surface area (Å²) in [6.07, 6.45) is 1.34. The fourth-order valence-electron chi connectivity index (χ4n) is 1.03. The summed E-state index contributed by atoms with van der Waals surface area (Å²) in [5, 5.41) is 8.74. The zero-order valence-corrected chi connectivity index (χ0v) is 9.45. The van der Waals surface area contributed by atoms with Crippen LogP contribution in [-0.4, -0.2) is 24.6 Å². The van der Waals surface area contributed by atoms with Gasteiger partial charge in [0.1, 0.15) is 0 Å². The van der Waals surface area contributed by atoms with E-state index in [1.165, 1.54) is 18.3 Å². The fraction of sp³-hybridized carbons (Fsp3) is 0.444. The third kappa shape index (κ3) is 3.26. The molecule has 0 aliphatic rings. The Bertz CT molecular complexity index is 411. The molecule has 0 aliphatic carbocycles. The van der Waals surface area contributed by atoms with Gasteiger partial charge in [0.15, 0.2) is 5.03 Å². The maximum absolute atomic E-state index is 11.6. The van der Waals surface area contributed by atoms with Gasteiger partial charge in [0.25, 0.3) is 10.0 Å². The van der Waals surface area contributed by atoms with E-state index in [9.17, 15) is 8.42 Å². The van der Waals surface area contributed by atoms with Gasteiger partial charge in [-0.3, -0.25) is 0 Å². The highest BCUT2D eigenvalue weighted by molar-refractivity contribution is 7.89. The van der Waals surface area contributed by atoms with Crippen molar-refractivity contribution in [1.29, 1.82) is 0 Å². The van der Waals surface area contributed by atoms with Crippen LogP contribution in [0.1, 0.15) is 19.4 Å². The number of nitrogens with zero attached hydrogens (tertiary/aromatic N) is 1. The van der Waals surface area contributed by atoms with E-state index in [-0.39, 0.29) is 17.7 Å². The summed E-state index contributed by atoms with van der Waals surface area (Å²) in [5.74, 6) is 0. The van der Waals surface area contributed by atoms with E-state index in [2.05, 4.69) is 9.71 Å². The van der Waals surface area contributed by atoms with Crippen molar-refractivity contribution in [3.05, 3.63) is 23.9 Å². The number of hydrogen-bond donors (Lipinski definition) is 2. The number of pyridine rings is 1. The lowest BCUT2D eigenvalue weighted by Gasteiger charge is -2.08. The van der Waals surface area contributed by atoms with Crippen LogP contribution in [0.4, 0.5) is 0 Å². The number of aliphatic hydroxyl groups is 1. The molecule has 2 N–H and O–H groups in total. The van der Waals surface area contributed by atoms with E-state index in [1.807, 2.05) is 0 Å². The van der Waals surface area contributed by atoms with Gasteiger partial charge in [0, 0.05) is 12.2 Å². The molecule has 0 radical (unpaired) electrons. The van der Waals surface area contributed by atoms with Crippen LogP contribution in [0, 0.1) is 0 Å². The highest BCUT2D eigenvalue weighted by atomic mass is 32.2. The molecule has 0 aromatic carbocycles. The maximum atomic E-state index is 11.6. The maximum Gasteiger partial charge on any atom is 0.258 e. The average Bonchev–Trinajstić information content (AvgIpc) is 2.16. The van der Waals surface area contributed by atoms with Gasteiger partial charge in [-0.25, -0.2) is 18.1 Å². The minimum atomic E-state index is -3.53. The fourth-order valence-corrected chi connectivity index (χ4v) is 2.21. The summed E-state index contributed by atoms with van der Waals surface area (Å²) in [4.78, 5) is 3.76. The van der Waals surface area contributed by atoms with Crippen LogP contribution < -0.4 is 4.72 Å². The van der Waals surface area contributed by atoms with Crippen LogP contribution in [0.3, 0.4) is 0 Å². The Balaban J connectivity index is 2.96. The summed E-state index contributed by atoms with van der Waals surface area (Å²) in [6, 6.07) is 2.73. The third-order valence-corrected chi connectivity index (χ3v) is 3.22. The van der Waals surface area contributed by atoms with Crippen LogP contribution in [0.5, 0.6) is 0 Å². The largest absolute Gasteiger partial charge is 0.392 e. The zero-order chi connectivity index (χ0) is 11.5. The SMILES string of the molecule is CC(C)NS(=O)(=O)c1ccc(CO)cn1. The summed E-state index contributed by atoms with van der Waals surface area (Å²) in [6.45, 7) is 3.32. The molecular weight excluding hydrogens is 216 g/mol. The Labute approximate surface area is 89.2 Å². The van der Waals surface area contributed by atoms with Crippen molar-refractivity contribution in [3.63, 3.8) is 0 Å². The normalized spacial score (nSPS) is 12.0. The van der Waals surface area contributed by atoms with E-state index in [0.29, 0.717) is 5.56 Å². The van der Waals surface area contributed by atoms with Gasteiger partial charge in [-0.1, -0.05) is 6.07 Å². The molecule has 5 nitrogen and oxygen atoms in total. The molecule has 6 heteroatoms. The van der Waals surface area contributed by atoms with E-state index in [0.717, 1.165) is 0 Å². The van der Waals surface area contributed by atoms with Gasteiger partial charge in [-0.2, -0.15) is 0 Å². The molecule has 0 atom stereocenters. The lowest BCUT2D eigenvalue weighted by atomic mass is 10.3. The van der Waals surface area contributed by atoms with E-state index < -0.39 is 10.0 Å². The summed E-state index contributed by atoms with van der Waals surface area (Å²) >= 11 is 0. The predicted molar refractivity (Wildman–Crippen MR) is 55.6 cm³/mol. The standard InChI is InChI=1S/C9H14N2O3S/c1-7(2)11-15(13,14)9-4-3-8(6-12)5-10-9/h3-5,7,11-12H,6H2,1-2H3. The lowest BCUT2D eigenvalue weighted by molar-refractivity contribution is 0.281. The zero-order valence-electron chi connectivity index (χ0n) is 8.64. The van der Waals surface area contributed by atoms with Crippen LogP contribution in [-0.2, 0) is 16.6 Å². The first-order valence-electron chi connectivity index (χ1n) is 4.54. The van der Waals surface area contributed by atoms with Crippen molar-refractivity contribution in [1.82, 2.24) is 9.71 Å². The number of rotatable bonds is 4. The van der Waals surface area contributed by atoms with Crippen molar-refractivity contribution in [2.24, 2.45) is 0 Å². The molecule has 15 heavy (non-hydrogen) atoms. The topological polar surface area (TPSA) is 79.3 Å². The van der Waals surface area contributed by atoms with Gasteiger partial charge in [0.2, 0.25) is 0 Å². The van der Waals surface area contributed by atoms with Gasteiger partial charge in [-0.15, -0.1) is 0 Å². The molecule has 1 aromatic heterocycles. The number of hydrogen-bond acceptors (Lipinski definition) is 4. The summed E-state index contributed by atoms with van der Waals surface area (Å²) < 4.78 is 25.6. The minimum Gasteiger partial charge on any atom is -0.392 e. The second-order valence-electron chi connectivity index (χ2n) is 3.44. The predicted octanol–water partition coefficient (Wildman–Crippen LogP) is 0.261. The molecule has 1 aromatic rings. The number of sulfonamides is 1. The highest BCUT2D eigenvalue weighted by Crippen LogP contribution is 2.07. The second-order valence-corrected chi connectivity index (χ2v) is 5.10. The number of aromatic nitrogens is 1. The molecule has 0 unspecified atom stereocenters. The Morgan fingerprint density at radius 1 is 1.47 bits per heavy atom. The molecule has 0 saturated heterocycles. The first kappa shape index (κ1) is 12.1. The smallest absolute Gasteiger partial charge is 0.258 e. The Kier molecular flexibility index (Phi) is 3.78. The molecule has 0 amide bonds. The van der Waals surface area contributed by atoms with Crippen LogP contribution in [0.15, 0.2) is 23.4 Å². The van der Waals surface area contributed by atoms with Crippen LogP contribution >= 0.6 is 0 Å². The molecule has 1 rings (SSSR count). The van der Waals surface area contributed by atoms with E-state index in [1.54, 1.807) is 13.8 Å². The summed E-state index contributed by atoms with van der Waals surface area (Å²) in [7, 11) is -3.53. The van der Waals surface area contributed by atoms with E-state index in [4.69, 9.17) is 5.11 Å². The molecule has 0 fully saturated rings. The van der Waals surface area contributed by atoms with E-state index >= 15 is 0 Å². The molecule has 1 heterocycles. The minimum absolute atomic E-state index is 0.0339. The Morgan fingerprint density at radius 2 is 2.13 bits per heavy atom. The second kappa shape index (κ2) is 4.69. The molecule has 0 bridgehead atoms. The van der Waals surface area contributed by atoms with Gasteiger partial charge in [-0.05, 0) is 25.5 Å². The monoisotopic (exact) mass is 230 g/mol.